The number of amides is 1. The summed E-state index contributed by atoms with van der Waals surface area (Å²) in [6.45, 7) is 2.36. The third kappa shape index (κ3) is 2.24. The molecule has 1 aliphatic rings. The van der Waals surface area contributed by atoms with Gasteiger partial charge in [-0.15, -0.1) is 0 Å². The molecule has 1 amide bonds. The van der Waals surface area contributed by atoms with Crippen LogP contribution in [0.25, 0.3) is 0 Å². The van der Waals surface area contributed by atoms with E-state index in [2.05, 4.69) is 61.9 Å². The zero-order valence-electron chi connectivity index (χ0n) is 13.6. The number of carbonyl (C=O) groups is 1. The van der Waals surface area contributed by atoms with E-state index in [-0.39, 0.29) is 5.91 Å². The molecule has 1 atom stereocenters. The molecule has 0 aliphatic carbocycles. The van der Waals surface area contributed by atoms with Crippen LogP contribution in [0.4, 0.5) is 5.69 Å². The minimum absolute atomic E-state index is 0.144. The molecule has 3 rings (SSSR count). The molecule has 0 aromatic heterocycles. The smallest absolute Gasteiger partial charge is 0.253 e. The Hall–Kier alpha value is -2.07. The molecule has 0 saturated heterocycles. The maximum atomic E-state index is 12.4. The average Bonchev–Trinajstić information content (AvgIpc) is 2.53. The summed E-state index contributed by atoms with van der Waals surface area (Å²) >= 11 is 0. The molecular weight excluding hydrogens is 288 g/mol. The number of hydrogen-bond acceptors (Lipinski definition) is 2. The molecule has 22 heavy (non-hydrogen) atoms. The van der Waals surface area contributed by atoms with Crippen LogP contribution in [-0.4, -0.2) is 46.2 Å². The minimum atomic E-state index is -1.91. The molecule has 1 heterocycles. The first kappa shape index (κ1) is 14.8. The third-order valence-corrected chi connectivity index (χ3v) is 9.01. The Kier molecular flexibility index (Phi) is 3.57. The van der Waals surface area contributed by atoms with Crippen LogP contribution in [0.2, 0.25) is 6.55 Å². The number of rotatable bonds is 2. The van der Waals surface area contributed by atoms with Crippen LogP contribution < -0.4 is 15.3 Å². The van der Waals surface area contributed by atoms with Gasteiger partial charge in [0.2, 0.25) is 0 Å². The predicted octanol–water partition coefficient (Wildman–Crippen LogP) is 1.57. The van der Waals surface area contributed by atoms with E-state index in [1.165, 1.54) is 16.1 Å². The van der Waals surface area contributed by atoms with Gasteiger partial charge < -0.3 is 9.80 Å². The zero-order valence-corrected chi connectivity index (χ0v) is 14.6. The van der Waals surface area contributed by atoms with Crippen molar-refractivity contribution in [2.75, 3.05) is 32.2 Å². The standard InChI is InChI=1S/C18H22N2OSi/c1-19(2)14-9-11-15(12-10-14)22(4)13-20(3)18(21)16-7-5-6-8-17(16)22/h5-12H,13H2,1-4H3. The first-order chi connectivity index (χ1) is 10.4. The van der Waals surface area contributed by atoms with E-state index in [1.54, 1.807) is 0 Å². The van der Waals surface area contributed by atoms with Crippen LogP contribution in [0.15, 0.2) is 48.5 Å². The Labute approximate surface area is 133 Å². The fraction of sp³-hybridized carbons (Fsp3) is 0.278. The summed E-state index contributed by atoms with van der Waals surface area (Å²) in [6, 6.07) is 16.9. The van der Waals surface area contributed by atoms with Gasteiger partial charge in [-0.3, -0.25) is 4.79 Å². The topological polar surface area (TPSA) is 23.6 Å². The van der Waals surface area contributed by atoms with Crippen molar-refractivity contribution in [3.05, 3.63) is 54.1 Å². The number of benzene rings is 2. The number of hydrogen-bond donors (Lipinski definition) is 0. The van der Waals surface area contributed by atoms with Crippen LogP contribution in [0.5, 0.6) is 0 Å². The van der Waals surface area contributed by atoms with Gasteiger partial charge in [0.15, 0.2) is 0 Å². The van der Waals surface area contributed by atoms with Gasteiger partial charge in [-0.05, 0) is 23.4 Å². The Morgan fingerprint density at radius 1 is 1.05 bits per heavy atom. The molecule has 4 heteroatoms. The summed E-state index contributed by atoms with van der Waals surface area (Å²) in [7, 11) is 4.11. The van der Waals surface area contributed by atoms with Crippen LogP contribution in [-0.2, 0) is 0 Å². The summed E-state index contributed by atoms with van der Waals surface area (Å²) in [5.74, 6) is 0.144. The predicted molar refractivity (Wildman–Crippen MR) is 95.1 cm³/mol. The van der Waals surface area contributed by atoms with Crippen LogP contribution in [0.1, 0.15) is 10.4 Å². The first-order valence-electron chi connectivity index (χ1n) is 7.56. The Balaban J connectivity index is 2.12. The van der Waals surface area contributed by atoms with Gasteiger partial charge in [-0.1, -0.05) is 42.1 Å². The van der Waals surface area contributed by atoms with Crippen molar-refractivity contribution in [2.45, 2.75) is 6.55 Å². The van der Waals surface area contributed by atoms with Crippen LogP contribution >= 0.6 is 0 Å². The highest BCUT2D eigenvalue weighted by molar-refractivity contribution is 7.02. The van der Waals surface area contributed by atoms with Gasteiger partial charge in [-0.25, -0.2) is 0 Å². The largest absolute Gasteiger partial charge is 0.378 e. The molecule has 3 nitrogen and oxygen atoms in total. The minimum Gasteiger partial charge on any atom is -0.378 e. The summed E-state index contributed by atoms with van der Waals surface area (Å²) in [5.41, 5.74) is 2.08. The Morgan fingerprint density at radius 3 is 2.32 bits per heavy atom. The van der Waals surface area contributed by atoms with Crippen molar-refractivity contribution in [3.8, 4) is 0 Å². The van der Waals surface area contributed by atoms with E-state index in [4.69, 9.17) is 0 Å². The Bertz CT molecular complexity index is 711. The van der Waals surface area contributed by atoms with E-state index >= 15 is 0 Å². The van der Waals surface area contributed by atoms with E-state index in [1.807, 2.05) is 24.1 Å². The average molecular weight is 310 g/mol. The second kappa shape index (κ2) is 5.28. The zero-order chi connectivity index (χ0) is 15.9. The molecule has 0 spiro atoms. The second-order valence-electron chi connectivity index (χ2n) is 6.48. The number of anilines is 1. The third-order valence-electron chi connectivity index (χ3n) is 4.67. The van der Waals surface area contributed by atoms with Gasteiger partial charge in [0.1, 0.15) is 8.07 Å². The molecule has 2 aromatic rings. The maximum Gasteiger partial charge on any atom is 0.253 e. The van der Waals surface area contributed by atoms with E-state index < -0.39 is 8.07 Å². The lowest BCUT2D eigenvalue weighted by molar-refractivity contribution is 0.0812. The summed E-state index contributed by atoms with van der Waals surface area (Å²) in [5, 5.41) is 2.64. The highest BCUT2D eigenvalue weighted by Crippen LogP contribution is 2.19. The molecule has 1 aliphatic heterocycles. The van der Waals surface area contributed by atoms with Gasteiger partial charge in [0, 0.05) is 38.6 Å². The van der Waals surface area contributed by atoms with E-state index in [0.29, 0.717) is 0 Å². The van der Waals surface area contributed by atoms with Crippen molar-refractivity contribution in [2.24, 2.45) is 0 Å². The van der Waals surface area contributed by atoms with Gasteiger partial charge in [0.05, 0.1) is 0 Å². The second-order valence-corrected chi connectivity index (χ2v) is 10.6. The maximum absolute atomic E-state index is 12.4. The van der Waals surface area contributed by atoms with E-state index in [0.717, 1.165) is 11.7 Å². The van der Waals surface area contributed by atoms with Crippen molar-refractivity contribution in [1.82, 2.24) is 4.90 Å². The fourth-order valence-corrected chi connectivity index (χ4v) is 7.27. The molecule has 0 fully saturated rings. The van der Waals surface area contributed by atoms with Crippen molar-refractivity contribution in [3.63, 3.8) is 0 Å². The summed E-state index contributed by atoms with van der Waals surface area (Å²) in [6.07, 6.45) is 0.837. The van der Waals surface area contributed by atoms with Gasteiger partial charge in [0.25, 0.3) is 5.91 Å². The van der Waals surface area contributed by atoms with Gasteiger partial charge >= 0.3 is 0 Å². The molecule has 0 N–H and O–H groups in total. The highest BCUT2D eigenvalue weighted by Gasteiger charge is 2.41. The van der Waals surface area contributed by atoms with Crippen molar-refractivity contribution < 1.29 is 4.79 Å². The molecule has 1 unspecified atom stereocenters. The summed E-state index contributed by atoms with van der Waals surface area (Å²) in [4.78, 5) is 16.4. The molecule has 114 valence electrons. The fourth-order valence-electron chi connectivity index (χ4n) is 3.36. The lowest BCUT2D eigenvalue weighted by atomic mass is 10.2. The SMILES string of the molecule is CN1C[Si](C)(c2ccc(N(C)C)cc2)c2ccccc2C1=O. The molecule has 0 saturated carbocycles. The molecular formula is C18H22N2OSi. The normalized spacial score (nSPS) is 20.7. The van der Waals surface area contributed by atoms with E-state index in [9.17, 15) is 4.79 Å². The number of nitrogens with zero attached hydrogens (tertiary/aromatic N) is 2. The number of fused-ring (bicyclic) bond motifs is 1. The first-order valence-corrected chi connectivity index (χ1v) is 10.3. The summed E-state index contributed by atoms with van der Waals surface area (Å²) < 4.78 is 0. The number of carbonyl (C=O) groups excluding carboxylic acids is 1. The van der Waals surface area contributed by atoms with Crippen LogP contribution in [0, 0.1) is 0 Å². The molecule has 2 aromatic carbocycles. The molecule has 0 radical (unpaired) electrons. The monoisotopic (exact) mass is 310 g/mol. The quantitative estimate of drug-likeness (QED) is 0.786. The van der Waals surface area contributed by atoms with Gasteiger partial charge in [-0.2, -0.15) is 0 Å². The van der Waals surface area contributed by atoms with Crippen LogP contribution in [0.3, 0.4) is 0 Å². The lowest BCUT2D eigenvalue weighted by Gasteiger charge is -2.39. The van der Waals surface area contributed by atoms with Crippen molar-refractivity contribution in [1.29, 1.82) is 0 Å². The lowest BCUT2D eigenvalue weighted by Crippen LogP contribution is -2.67. The molecule has 0 bridgehead atoms. The van der Waals surface area contributed by atoms with Crippen molar-refractivity contribution >= 4 is 30.0 Å². The Morgan fingerprint density at radius 2 is 1.68 bits per heavy atom. The highest BCUT2D eigenvalue weighted by atomic mass is 28.3.